The largest absolute Gasteiger partial charge is 0.487 e. The molecule has 7 heteroatoms. The minimum Gasteiger partial charge on any atom is -0.487 e. The van der Waals surface area contributed by atoms with Gasteiger partial charge in [0.25, 0.3) is 5.69 Å². The summed E-state index contributed by atoms with van der Waals surface area (Å²) in [5.41, 5.74) is 1.32. The predicted molar refractivity (Wildman–Crippen MR) is 73.4 cm³/mol. The number of aryl methyl sites for hydroxylation is 1. The van der Waals surface area contributed by atoms with E-state index in [0.29, 0.717) is 17.0 Å². The maximum Gasteiger partial charge on any atom is 0.337 e. The number of carboxylic acids is 1. The molecular formula is C14H12N2O5. The second-order valence-corrected chi connectivity index (χ2v) is 4.34. The third-order valence-corrected chi connectivity index (χ3v) is 2.82. The fourth-order valence-corrected chi connectivity index (χ4v) is 1.70. The molecule has 0 saturated heterocycles. The van der Waals surface area contributed by atoms with E-state index in [4.69, 9.17) is 9.84 Å². The Morgan fingerprint density at radius 1 is 1.38 bits per heavy atom. The lowest BCUT2D eigenvalue weighted by molar-refractivity contribution is -0.384. The second kappa shape index (κ2) is 6.00. The molecule has 0 radical (unpaired) electrons. The number of rotatable bonds is 5. The molecule has 1 aromatic carbocycles. The van der Waals surface area contributed by atoms with Crippen molar-refractivity contribution in [2.45, 2.75) is 13.5 Å². The van der Waals surface area contributed by atoms with E-state index in [1.165, 1.54) is 30.5 Å². The molecular weight excluding hydrogens is 276 g/mol. The van der Waals surface area contributed by atoms with Crippen LogP contribution in [0.4, 0.5) is 5.69 Å². The molecule has 0 bridgehead atoms. The first kappa shape index (κ1) is 14.4. The van der Waals surface area contributed by atoms with Gasteiger partial charge < -0.3 is 9.84 Å². The molecule has 108 valence electrons. The maximum absolute atomic E-state index is 10.7. The number of nitro groups is 1. The molecule has 21 heavy (non-hydrogen) atoms. The predicted octanol–water partition coefficient (Wildman–Crippen LogP) is 2.58. The molecule has 0 spiro atoms. The van der Waals surface area contributed by atoms with Gasteiger partial charge in [0.15, 0.2) is 0 Å². The Balaban J connectivity index is 2.06. The summed E-state index contributed by atoms with van der Waals surface area (Å²) in [7, 11) is 0. The van der Waals surface area contributed by atoms with E-state index in [-0.39, 0.29) is 17.9 Å². The quantitative estimate of drug-likeness (QED) is 0.670. The number of benzene rings is 1. The summed E-state index contributed by atoms with van der Waals surface area (Å²) in [6.45, 7) is 1.86. The maximum atomic E-state index is 10.7. The van der Waals surface area contributed by atoms with Crippen molar-refractivity contribution >= 4 is 11.7 Å². The molecule has 0 aliphatic rings. The lowest BCUT2D eigenvalue weighted by Gasteiger charge is -2.08. The molecule has 0 atom stereocenters. The average Bonchev–Trinajstić information content (AvgIpc) is 2.46. The number of hydrogen-bond donors (Lipinski definition) is 1. The molecule has 0 unspecified atom stereocenters. The van der Waals surface area contributed by atoms with E-state index in [1.54, 1.807) is 13.0 Å². The summed E-state index contributed by atoms with van der Waals surface area (Å²) in [6.07, 6.45) is 1.25. The number of nitro benzene ring substituents is 1. The highest BCUT2D eigenvalue weighted by Crippen LogP contribution is 2.23. The van der Waals surface area contributed by atoms with Crippen molar-refractivity contribution in [1.29, 1.82) is 0 Å². The Labute approximate surface area is 120 Å². The van der Waals surface area contributed by atoms with Gasteiger partial charge in [-0.15, -0.1) is 0 Å². The summed E-state index contributed by atoms with van der Waals surface area (Å²) >= 11 is 0. The summed E-state index contributed by atoms with van der Waals surface area (Å²) < 4.78 is 5.53. The standard InChI is InChI=1S/C14H12N2O5/c1-9-6-12(16(19)20)4-5-13(9)21-8-11-3-2-10(7-15-11)14(17)18/h2-7H,8H2,1H3,(H,17,18). The van der Waals surface area contributed by atoms with Crippen LogP contribution in [0.25, 0.3) is 0 Å². The molecule has 0 aliphatic carbocycles. The number of aromatic nitrogens is 1. The van der Waals surface area contributed by atoms with Crippen LogP contribution in [0.15, 0.2) is 36.5 Å². The molecule has 0 saturated carbocycles. The number of carbonyl (C=O) groups is 1. The van der Waals surface area contributed by atoms with Crippen LogP contribution in [-0.4, -0.2) is 21.0 Å². The molecule has 1 heterocycles. The zero-order valence-electron chi connectivity index (χ0n) is 11.1. The number of aromatic carboxylic acids is 1. The number of hydrogen-bond acceptors (Lipinski definition) is 5. The Morgan fingerprint density at radius 3 is 2.67 bits per heavy atom. The van der Waals surface area contributed by atoms with E-state index >= 15 is 0 Å². The van der Waals surface area contributed by atoms with Gasteiger partial charge in [-0.1, -0.05) is 0 Å². The zero-order chi connectivity index (χ0) is 15.4. The van der Waals surface area contributed by atoms with E-state index in [9.17, 15) is 14.9 Å². The van der Waals surface area contributed by atoms with Gasteiger partial charge in [-0.3, -0.25) is 15.1 Å². The molecule has 1 N–H and O–H groups in total. The number of pyridine rings is 1. The van der Waals surface area contributed by atoms with E-state index in [2.05, 4.69) is 4.98 Å². The summed E-state index contributed by atoms with van der Waals surface area (Å²) in [5, 5.41) is 19.4. The fraction of sp³-hybridized carbons (Fsp3) is 0.143. The molecule has 2 aromatic rings. The van der Waals surface area contributed by atoms with Gasteiger partial charge in [0.05, 0.1) is 16.2 Å². The third-order valence-electron chi connectivity index (χ3n) is 2.82. The number of non-ortho nitro benzene ring substituents is 1. The average molecular weight is 288 g/mol. The minimum absolute atomic E-state index is 0.00351. The van der Waals surface area contributed by atoms with Crippen LogP contribution in [0.2, 0.25) is 0 Å². The zero-order valence-corrected chi connectivity index (χ0v) is 11.1. The van der Waals surface area contributed by atoms with Crippen molar-refractivity contribution in [3.8, 4) is 5.75 Å². The van der Waals surface area contributed by atoms with Gasteiger partial charge >= 0.3 is 5.97 Å². The minimum atomic E-state index is -1.04. The second-order valence-electron chi connectivity index (χ2n) is 4.34. The van der Waals surface area contributed by atoms with Crippen molar-refractivity contribution in [3.05, 3.63) is 63.5 Å². The van der Waals surface area contributed by atoms with E-state index in [0.717, 1.165) is 0 Å². The van der Waals surface area contributed by atoms with Gasteiger partial charge in [-0.25, -0.2) is 4.79 Å². The highest BCUT2D eigenvalue weighted by Gasteiger charge is 2.09. The molecule has 0 fully saturated rings. The van der Waals surface area contributed by atoms with E-state index in [1.807, 2.05) is 0 Å². The van der Waals surface area contributed by atoms with Crippen LogP contribution in [-0.2, 0) is 6.61 Å². The molecule has 2 rings (SSSR count). The Bertz CT molecular complexity index is 682. The summed E-state index contributed by atoms with van der Waals surface area (Å²) in [5.74, 6) is -0.522. The van der Waals surface area contributed by atoms with Crippen LogP contribution < -0.4 is 4.74 Å². The molecule has 1 aromatic heterocycles. The monoisotopic (exact) mass is 288 g/mol. The number of ether oxygens (including phenoxy) is 1. The first-order valence-corrected chi connectivity index (χ1v) is 6.03. The molecule has 0 amide bonds. The number of carboxylic acid groups (broad SMARTS) is 1. The van der Waals surface area contributed by atoms with Crippen LogP contribution in [0.1, 0.15) is 21.6 Å². The van der Waals surface area contributed by atoms with Crippen molar-refractivity contribution in [2.75, 3.05) is 0 Å². The highest BCUT2D eigenvalue weighted by molar-refractivity contribution is 5.87. The van der Waals surface area contributed by atoms with Gasteiger partial charge in [-0.2, -0.15) is 0 Å². The van der Waals surface area contributed by atoms with Gasteiger partial charge in [0.1, 0.15) is 12.4 Å². The van der Waals surface area contributed by atoms with Crippen molar-refractivity contribution in [1.82, 2.24) is 4.98 Å². The van der Waals surface area contributed by atoms with Crippen LogP contribution in [0.5, 0.6) is 5.75 Å². The third kappa shape index (κ3) is 3.53. The first-order chi connectivity index (χ1) is 9.97. The highest BCUT2D eigenvalue weighted by atomic mass is 16.6. The topological polar surface area (TPSA) is 103 Å². The lowest BCUT2D eigenvalue weighted by Crippen LogP contribution is -2.02. The van der Waals surface area contributed by atoms with Crippen LogP contribution in [0.3, 0.4) is 0 Å². The smallest absolute Gasteiger partial charge is 0.337 e. The summed E-state index contributed by atoms with van der Waals surface area (Å²) in [4.78, 5) is 24.8. The van der Waals surface area contributed by atoms with Gasteiger partial charge in [-0.05, 0) is 30.7 Å². The SMILES string of the molecule is Cc1cc([N+](=O)[O-])ccc1OCc1ccc(C(=O)O)cn1. The lowest BCUT2D eigenvalue weighted by atomic mass is 10.2. The Kier molecular flexibility index (Phi) is 4.13. The van der Waals surface area contributed by atoms with E-state index < -0.39 is 10.9 Å². The first-order valence-electron chi connectivity index (χ1n) is 6.03. The summed E-state index contributed by atoms with van der Waals surface area (Å²) in [6, 6.07) is 7.32. The van der Waals surface area contributed by atoms with Gasteiger partial charge in [0, 0.05) is 18.3 Å². The Hall–Kier alpha value is -2.96. The Morgan fingerprint density at radius 2 is 2.14 bits per heavy atom. The normalized spacial score (nSPS) is 10.1. The van der Waals surface area contributed by atoms with Crippen LogP contribution >= 0.6 is 0 Å². The van der Waals surface area contributed by atoms with Crippen LogP contribution in [0, 0.1) is 17.0 Å². The fourth-order valence-electron chi connectivity index (χ4n) is 1.70. The van der Waals surface area contributed by atoms with Crippen molar-refractivity contribution in [2.24, 2.45) is 0 Å². The number of nitrogens with zero attached hydrogens (tertiary/aromatic N) is 2. The van der Waals surface area contributed by atoms with Crippen molar-refractivity contribution < 1.29 is 19.6 Å². The van der Waals surface area contributed by atoms with Crippen molar-refractivity contribution in [3.63, 3.8) is 0 Å². The molecule has 0 aliphatic heterocycles. The van der Waals surface area contributed by atoms with Gasteiger partial charge in [0.2, 0.25) is 0 Å². The molecule has 7 nitrogen and oxygen atoms in total.